The number of aromatic nitrogens is 2. The summed E-state index contributed by atoms with van der Waals surface area (Å²) in [6, 6.07) is 7.85. The van der Waals surface area contributed by atoms with Gasteiger partial charge in [-0.05, 0) is 30.5 Å². The van der Waals surface area contributed by atoms with Crippen molar-refractivity contribution in [3.63, 3.8) is 0 Å². The average Bonchev–Trinajstić information content (AvgIpc) is 3.10. The lowest BCUT2D eigenvalue weighted by Crippen LogP contribution is -2.22. The molecule has 0 fully saturated rings. The highest BCUT2D eigenvalue weighted by atomic mass is 35.5. The van der Waals surface area contributed by atoms with Crippen molar-refractivity contribution in [2.45, 2.75) is 57.9 Å². The Morgan fingerprint density at radius 2 is 2.04 bits per heavy atom. The molecule has 25 heavy (non-hydrogen) atoms. The maximum absolute atomic E-state index is 11.7. The molecule has 1 aromatic heterocycles. The molecule has 2 N–H and O–H groups in total. The minimum Gasteiger partial charge on any atom is -0.373 e. The number of imidazole rings is 1. The molecule has 3 rings (SSSR count). The third kappa shape index (κ3) is 3.72. The number of hydrogen-bond donors (Lipinski definition) is 1. The Bertz CT molecular complexity index is 775. The highest BCUT2D eigenvalue weighted by molar-refractivity contribution is 6.30. The molecule has 0 bridgehead atoms. The number of benzene rings is 1. The maximum Gasteiger partial charge on any atom is 0.325 e. The molecular formula is C19H24ClN3O2. The summed E-state index contributed by atoms with van der Waals surface area (Å²) in [5, 5.41) is 0.722. The van der Waals surface area contributed by atoms with Gasteiger partial charge >= 0.3 is 5.97 Å². The lowest BCUT2D eigenvalue weighted by molar-refractivity contribution is -0.144. The first-order valence-electron chi connectivity index (χ1n) is 8.53. The number of nitrogens with two attached hydrogens (primary N) is 1. The Balaban J connectivity index is 2.02. The molecule has 1 unspecified atom stereocenters. The fraction of sp³-hybridized carbons (Fsp3) is 0.474. The van der Waals surface area contributed by atoms with Gasteiger partial charge in [0.05, 0.1) is 12.1 Å². The summed E-state index contributed by atoms with van der Waals surface area (Å²) >= 11 is 6.01. The first kappa shape index (κ1) is 18.0. The number of halogens is 1. The van der Waals surface area contributed by atoms with Crippen molar-refractivity contribution in [3.8, 4) is 0 Å². The van der Waals surface area contributed by atoms with Crippen molar-refractivity contribution in [1.29, 1.82) is 0 Å². The van der Waals surface area contributed by atoms with Crippen LogP contribution in [-0.4, -0.2) is 15.5 Å². The van der Waals surface area contributed by atoms with E-state index in [1.807, 2.05) is 24.3 Å². The van der Waals surface area contributed by atoms with Crippen LogP contribution in [0.3, 0.4) is 0 Å². The summed E-state index contributed by atoms with van der Waals surface area (Å²) in [5.41, 5.74) is 3.30. The van der Waals surface area contributed by atoms with Crippen LogP contribution in [0, 0.1) is 0 Å². The zero-order chi connectivity index (χ0) is 18.2. The second-order valence-electron chi connectivity index (χ2n) is 7.66. The third-order valence-electron chi connectivity index (χ3n) is 4.67. The lowest BCUT2D eigenvalue weighted by atomic mass is 9.95. The molecule has 6 heteroatoms. The molecule has 0 saturated heterocycles. The standard InChI is InChI=1S/C19H24ClN3O2/c1-19(2,3)18-22-15-9-6-13(10-16(24)25-21)17(15)23(18)11-12-4-7-14(20)8-5-12/h4-5,7-8,13H,6,9-11,21H2,1-3H3. The zero-order valence-electron chi connectivity index (χ0n) is 14.9. The predicted octanol–water partition coefficient (Wildman–Crippen LogP) is 3.72. The second-order valence-corrected chi connectivity index (χ2v) is 8.10. The summed E-state index contributed by atoms with van der Waals surface area (Å²) in [4.78, 5) is 21.0. The highest BCUT2D eigenvalue weighted by Gasteiger charge is 2.34. The van der Waals surface area contributed by atoms with Crippen LogP contribution in [-0.2, 0) is 28.0 Å². The van der Waals surface area contributed by atoms with Gasteiger partial charge in [0.2, 0.25) is 0 Å². The van der Waals surface area contributed by atoms with Crippen LogP contribution in [0.5, 0.6) is 0 Å². The van der Waals surface area contributed by atoms with Gasteiger partial charge in [-0.25, -0.2) is 4.98 Å². The van der Waals surface area contributed by atoms with Gasteiger partial charge in [-0.2, -0.15) is 5.90 Å². The van der Waals surface area contributed by atoms with Crippen molar-refractivity contribution < 1.29 is 9.63 Å². The number of carbonyl (C=O) groups is 1. The lowest BCUT2D eigenvalue weighted by Gasteiger charge is -2.23. The largest absolute Gasteiger partial charge is 0.373 e. The molecule has 1 aromatic carbocycles. The van der Waals surface area contributed by atoms with E-state index in [4.69, 9.17) is 22.5 Å². The predicted molar refractivity (Wildman–Crippen MR) is 97.4 cm³/mol. The molecule has 134 valence electrons. The normalized spacial score (nSPS) is 16.8. The SMILES string of the molecule is CC(C)(C)c1nc2c(n1Cc1ccc(Cl)cc1)C(CC(=O)ON)CC2. The molecule has 0 spiro atoms. The summed E-state index contributed by atoms with van der Waals surface area (Å²) < 4.78 is 2.26. The van der Waals surface area contributed by atoms with Crippen LogP contribution in [0.1, 0.15) is 62.3 Å². The van der Waals surface area contributed by atoms with E-state index in [1.54, 1.807) is 0 Å². The van der Waals surface area contributed by atoms with E-state index in [0.29, 0.717) is 13.0 Å². The van der Waals surface area contributed by atoms with Gasteiger partial charge in [0.1, 0.15) is 5.82 Å². The summed E-state index contributed by atoms with van der Waals surface area (Å²) in [5.74, 6) is 5.79. The molecule has 0 amide bonds. The van der Waals surface area contributed by atoms with Crippen LogP contribution in [0.4, 0.5) is 0 Å². The highest BCUT2D eigenvalue weighted by Crippen LogP contribution is 2.39. The summed E-state index contributed by atoms with van der Waals surface area (Å²) in [7, 11) is 0. The maximum atomic E-state index is 11.7. The monoisotopic (exact) mass is 361 g/mol. The van der Waals surface area contributed by atoms with E-state index in [1.165, 1.54) is 0 Å². The van der Waals surface area contributed by atoms with Crippen LogP contribution in [0.25, 0.3) is 0 Å². The van der Waals surface area contributed by atoms with Gasteiger partial charge in [-0.3, -0.25) is 4.79 Å². The number of fused-ring (bicyclic) bond motifs is 1. The fourth-order valence-corrected chi connectivity index (χ4v) is 3.68. The van der Waals surface area contributed by atoms with Gasteiger partial charge in [-0.1, -0.05) is 44.5 Å². The first-order chi connectivity index (χ1) is 11.8. The molecule has 2 aromatic rings. The van der Waals surface area contributed by atoms with Crippen molar-refractivity contribution in [1.82, 2.24) is 9.55 Å². The number of carbonyl (C=O) groups excluding carboxylic acids is 1. The van der Waals surface area contributed by atoms with E-state index >= 15 is 0 Å². The van der Waals surface area contributed by atoms with E-state index < -0.39 is 0 Å². The van der Waals surface area contributed by atoms with E-state index in [2.05, 4.69) is 30.2 Å². The Labute approximate surface area is 153 Å². The average molecular weight is 362 g/mol. The Morgan fingerprint density at radius 1 is 1.36 bits per heavy atom. The van der Waals surface area contributed by atoms with Gasteiger partial charge in [0, 0.05) is 28.6 Å². The molecule has 5 nitrogen and oxygen atoms in total. The van der Waals surface area contributed by atoms with Crippen LogP contribution in [0.2, 0.25) is 5.02 Å². The van der Waals surface area contributed by atoms with Gasteiger partial charge in [0.15, 0.2) is 0 Å². The van der Waals surface area contributed by atoms with Crippen molar-refractivity contribution in [3.05, 3.63) is 52.1 Å². The molecular weight excluding hydrogens is 338 g/mol. The molecule has 0 radical (unpaired) electrons. The second kappa shape index (κ2) is 6.81. The van der Waals surface area contributed by atoms with Gasteiger partial charge < -0.3 is 9.40 Å². The quantitative estimate of drug-likeness (QED) is 0.842. The molecule has 1 heterocycles. The van der Waals surface area contributed by atoms with Crippen LogP contribution < -0.4 is 5.90 Å². The Morgan fingerprint density at radius 3 is 2.64 bits per heavy atom. The van der Waals surface area contributed by atoms with E-state index in [0.717, 1.165) is 40.6 Å². The Hall–Kier alpha value is -1.85. The smallest absolute Gasteiger partial charge is 0.325 e. The minimum atomic E-state index is -0.380. The van der Waals surface area contributed by atoms with Crippen molar-refractivity contribution in [2.75, 3.05) is 0 Å². The fourth-order valence-electron chi connectivity index (χ4n) is 3.56. The van der Waals surface area contributed by atoms with Crippen molar-refractivity contribution in [2.24, 2.45) is 5.90 Å². The van der Waals surface area contributed by atoms with Crippen molar-refractivity contribution >= 4 is 17.6 Å². The third-order valence-corrected chi connectivity index (χ3v) is 4.92. The summed E-state index contributed by atoms with van der Waals surface area (Å²) in [6.07, 6.45) is 2.08. The number of rotatable bonds is 4. The zero-order valence-corrected chi connectivity index (χ0v) is 15.6. The molecule has 0 aliphatic heterocycles. The number of hydrogen-bond acceptors (Lipinski definition) is 4. The molecule has 1 atom stereocenters. The molecule has 1 aliphatic rings. The topological polar surface area (TPSA) is 70.1 Å². The summed E-state index contributed by atoms with van der Waals surface area (Å²) in [6.45, 7) is 7.18. The Kier molecular flexibility index (Phi) is 4.89. The van der Waals surface area contributed by atoms with E-state index in [9.17, 15) is 4.79 Å². The number of nitrogens with zero attached hydrogens (tertiary/aromatic N) is 2. The van der Waals surface area contributed by atoms with Crippen LogP contribution >= 0.6 is 11.6 Å². The van der Waals surface area contributed by atoms with Crippen LogP contribution in [0.15, 0.2) is 24.3 Å². The van der Waals surface area contributed by atoms with E-state index in [-0.39, 0.29) is 17.3 Å². The minimum absolute atomic E-state index is 0.0876. The van der Waals surface area contributed by atoms with Gasteiger partial charge in [0.25, 0.3) is 0 Å². The number of aryl methyl sites for hydroxylation is 1. The molecule has 0 saturated carbocycles. The van der Waals surface area contributed by atoms with Gasteiger partial charge in [-0.15, -0.1) is 0 Å². The molecule has 1 aliphatic carbocycles. The first-order valence-corrected chi connectivity index (χ1v) is 8.91.